The molecule has 0 saturated carbocycles. The van der Waals surface area contributed by atoms with Crippen molar-refractivity contribution < 1.29 is 9.18 Å². The van der Waals surface area contributed by atoms with E-state index in [-0.39, 0.29) is 11.7 Å². The summed E-state index contributed by atoms with van der Waals surface area (Å²) in [6.07, 6.45) is 1.11. The monoisotopic (exact) mass is 342 g/mol. The molecule has 1 aliphatic rings. The summed E-state index contributed by atoms with van der Waals surface area (Å²) in [5.41, 5.74) is 4.00. The number of H-pyrrole nitrogens is 1. The second kappa shape index (κ2) is 5.95. The lowest BCUT2D eigenvalue weighted by Crippen LogP contribution is -2.36. The summed E-state index contributed by atoms with van der Waals surface area (Å²) in [4.78, 5) is 17.8. The van der Waals surface area contributed by atoms with Gasteiger partial charge in [0.15, 0.2) is 0 Å². The molecule has 0 aliphatic carbocycles. The van der Waals surface area contributed by atoms with Gasteiger partial charge in [-0.25, -0.2) is 4.39 Å². The van der Waals surface area contributed by atoms with E-state index in [4.69, 9.17) is 11.6 Å². The van der Waals surface area contributed by atoms with Gasteiger partial charge in [-0.3, -0.25) is 4.79 Å². The Hall–Kier alpha value is -2.33. The molecule has 0 atom stereocenters. The van der Waals surface area contributed by atoms with Gasteiger partial charge < -0.3 is 9.88 Å². The van der Waals surface area contributed by atoms with Gasteiger partial charge in [-0.05, 0) is 35.9 Å². The van der Waals surface area contributed by atoms with Gasteiger partial charge >= 0.3 is 0 Å². The maximum absolute atomic E-state index is 13.6. The number of nitrogens with one attached hydrogen (secondary N) is 1. The van der Waals surface area contributed by atoms with Crippen LogP contribution in [0.2, 0.25) is 5.02 Å². The first-order valence-electron chi connectivity index (χ1n) is 7.91. The molecule has 2 heterocycles. The Morgan fingerprint density at radius 1 is 1.21 bits per heavy atom. The zero-order valence-electron chi connectivity index (χ0n) is 13.0. The van der Waals surface area contributed by atoms with Crippen molar-refractivity contribution in [3.8, 4) is 0 Å². The van der Waals surface area contributed by atoms with Gasteiger partial charge in [0, 0.05) is 46.7 Å². The van der Waals surface area contributed by atoms with Crippen LogP contribution in [0.25, 0.3) is 10.9 Å². The van der Waals surface area contributed by atoms with E-state index in [1.54, 1.807) is 18.2 Å². The van der Waals surface area contributed by atoms with E-state index >= 15 is 0 Å². The number of rotatable bonds is 2. The van der Waals surface area contributed by atoms with Crippen molar-refractivity contribution in [1.29, 1.82) is 0 Å². The maximum Gasteiger partial charge on any atom is 0.227 e. The Balaban J connectivity index is 1.57. The molecule has 1 aliphatic heterocycles. The standard InChI is InChI=1S/C19H16ClFN2O/c20-13-3-1-12(2-4-13)9-19(24)23-8-7-18-16(11-23)15-10-14(21)5-6-17(15)22-18/h1-6,10,22H,7-9,11H2. The van der Waals surface area contributed by atoms with Gasteiger partial charge in [0.25, 0.3) is 0 Å². The fourth-order valence-corrected chi connectivity index (χ4v) is 3.41. The lowest BCUT2D eigenvalue weighted by atomic mass is 10.0. The average molecular weight is 343 g/mol. The first kappa shape index (κ1) is 15.2. The fraction of sp³-hybridized carbons (Fsp3) is 0.211. The quantitative estimate of drug-likeness (QED) is 0.748. The lowest BCUT2D eigenvalue weighted by Gasteiger charge is -2.27. The normalized spacial score (nSPS) is 14.0. The molecule has 3 nitrogen and oxygen atoms in total. The molecule has 2 aromatic carbocycles. The summed E-state index contributed by atoms with van der Waals surface area (Å²) in [6.45, 7) is 1.19. The summed E-state index contributed by atoms with van der Waals surface area (Å²) < 4.78 is 13.6. The number of nitrogens with zero attached hydrogens (tertiary/aromatic N) is 1. The van der Waals surface area contributed by atoms with Gasteiger partial charge in [0.05, 0.1) is 6.42 Å². The van der Waals surface area contributed by atoms with E-state index in [9.17, 15) is 9.18 Å². The molecule has 0 radical (unpaired) electrons. The van der Waals surface area contributed by atoms with Crippen molar-refractivity contribution in [3.05, 3.63) is 70.1 Å². The highest BCUT2D eigenvalue weighted by atomic mass is 35.5. The van der Waals surface area contributed by atoms with Gasteiger partial charge in [0.1, 0.15) is 5.82 Å². The van der Waals surface area contributed by atoms with Gasteiger partial charge in [-0.2, -0.15) is 0 Å². The number of hydrogen-bond donors (Lipinski definition) is 1. The number of aromatic amines is 1. The Morgan fingerprint density at radius 3 is 2.79 bits per heavy atom. The van der Waals surface area contributed by atoms with Crippen molar-refractivity contribution in [2.45, 2.75) is 19.4 Å². The number of halogens is 2. The van der Waals surface area contributed by atoms with Crippen LogP contribution >= 0.6 is 11.6 Å². The van der Waals surface area contributed by atoms with Crippen LogP contribution in [0.4, 0.5) is 4.39 Å². The molecule has 0 bridgehead atoms. The zero-order chi connectivity index (χ0) is 16.7. The molecular weight excluding hydrogens is 327 g/mol. The van der Waals surface area contributed by atoms with Crippen LogP contribution in [0, 0.1) is 5.82 Å². The second-order valence-corrected chi connectivity index (χ2v) is 6.58. The molecule has 0 fully saturated rings. The number of fused-ring (bicyclic) bond motifs is 3. The number of amides is 1. The average Bonchev–Trinajstić information content (AvgIpc) is 2.94. The highest BCUT2D eigenvalue weighted by Crippen LogP contribution is 2.28. The SMILES string of the molecule is O=C(Cc1ccc(Cl)cc1)N1CCc2[nH]c3ccc(F)cc3c2C1. The van der Waals surface area contributed by atoms with Crippen molar-refractivity contribution in [2.24, 2.45) is 0 Å². The van der Waals surface area contributed by atoms with E-state index in [0.717, 1.165) is 34.1 Å². The second-order valence-electron chi connectivity index (χ2n) is 6.14. The molecule has 122 valence electrons. The molecule has 0 saturated heterocycles. The van der Waals surface area contributed by atoms with Crippen molar-refractivity contribution in [2.75, 3.05) is 6.54 Å². The molecule has 1 aromatic heterocycles. The van der Waals surface area contributed by atoms with Crippen molar-refractivity contribution >= 4 is 28.4 Å². The summed E-state index contributed by atoms with van der Waals surface area (Å²) in [7, 11) is 0. The minimum atomic E-state index is -0.256. The third-order valence-electron chi connectivity index (χ3n) is 4.56. The van der Waals surface area contributed by atoms with E-state index in [1.165, 1.54) is 12.1 Å². The number of hydrogen-bond acceptors (Lipinski definition) is 1. The highest BCUT2D eigenvalue weighted by molar-refractivity contribution is 6.30. The molecular formula is C19H16ClFN2O. The molecule has 4 rings (SSSR count). The summed E-state index contributed by atoms with van der Waals surface area (Å²) >= 11 is 5.88. The van der Waals surface area contributed by atoms with Crippen LogP contribution in [-0.4, -0.2) is 22.3 Å². The van der Waals surface area contributed by atoms with E-state index in [0.29, 0.717) is 24.5 Å². The molecule has 0 unspecified atom stereocenters. The Kier molecular flexibility index (Phi) is 3.77. The van der Waals surface area contributed by atoms with Gasteiger partial charge in [0.2, 0.25) is 5.91 Å². The smallest absolute Gasteiger partial charge is 0.227 e. The minimum absolute atomic E-state index is 0.0775. The van der Waals surface area contributed by atoms with Crippen LogP contribution in [0.5, 0.6) is 0 Å². The molecule has 3 aromatic rings. The number of benzene rings is 2. The Bertz CT molecular complexity index is 917. The van der Waals surface area contributed by atoms with E-state index < -0.39 is 0 Å². The van der Waals surface area contributed by atoms with Crippen LogP contribution in [-0.2, 0) is 24.2 Å². The first-order chi connectivity index (χ1) is 11.6. The third-order valence-corrected chi connectivity index (χ3v) is 4.81. The molecule has 24 heavy (non-hydrogen) atoms. The Morgan fingerprint density at radius 2 is 2.00 bits per heavy atom. The predicted octanol–water partition coefficient (Wildman–Crippen LogP) is 4.09. The minimum Gasteiger partial charge on any atom is -0.358 e. The topological polar surface area (TPSA) is 36.1 Å². The van der Waals surface area contributed by atoms with Crippen LogP contribution in [0.15, 0.2) is 42.5 Å². The number of aromatic nitrogens is 1. The van der Waals surface area contributed by atoms with Crippen molar-refractivity contribution in [1.82, 2.24) is 9.88 Å². The number of carbonyl (C=O) groups is 1. The summed E-state index contributed by atoms with van der Waals surface area (Å²) in [5.74, 6) is -0.178. The number of carbonyl (C=O) groups excluding carboxylic acids is 1. The zero-order valence-corrected chi connectivity index (χ0v) is 13.7. The van der Waals surface area contributed by atoms with E-state index in [1.807, 2.05) is 17.0 Å². The molecule has 1 amide bonds. The van der Waals surface area contributed by atoms with Gasteiger partial charge in [-0.15, -0.1) is 0 Å². The van der Waals surface area contributed by atoms with Crippen molar-refractivity contribution in [3.63, 3.8) is 0 Å². The maximum atomic E-state index is 13.6. The third kappa shape index (κ3) is 2.78. The largest absolute Gasteiger partial charge is 0.358 e. The summed E-state index contributed by atoms with van der Waals surface area (Å²) in [5, 5.41) is 1.53. The first-order valence-corrected chi connectivity index (χ1v) is 8.29. The van der Waals surface area contributed by atoms with E-state index in [2.05, 4.69) is 4.98 Å². The molecule has 1 N–H and O–H groups in total. The highest BCUT2D eigenvalue weighted by Gasteiger charge is 2.24. The Labute approximate surface area is 144 Å². The van der Waals surface area contributed by atoms with Crippen LogP contribution < -0.4 is 0 Å². The predicted molar refractivity (Wildman–Crippen MR) is 92.5 cm³/mol. The van der Waals surface area contributed by atoms with Crippen LogP contribution in [0.1, 0.15) is 16.8 Å². The fourth-order valence-electron chi connectivity index (χ4n) is 3.29. The van der Waals surface area contributed by atoms with Gasteiger partial charge in [-0.1, -0.05) is 23.7 Å². The molecule has 0 spiro atoms. The lowest BCUT2D eigenvalue weighted by molar-refractivity contribution is -0.131. The summed E-state index contributed by atoms with van der Waals surface area (Å²) in [6, 6.07) is 12.1. The van der Waals surface area contributed by atoms with Crippen LogP contribution in [0.3, 0.4) is 0 Å². The molecule has 5 heteroatoms.